The van der Waals surface area contributed by atoms with Crippen LogP contribution in [0.1, 0.15) is 83.6 Å². The molecule has 1 heterocycles. The number of ether oxygens (including phenoxy) is 2. The number of hydroxylamine groups is 2. The number of rotatable bonds is 24. The molecule has 0 saturated heterocycles. The Hall–Kier alpha value is -7.45. The fraction of sp³-hybridized carbons (Fsp3) is 0.375. The molecular formula is C40H47N5O16. The summed E-state index contributed by atoms with van der Waals surface area (Å²) in [6.45, 7) is 2.36. The van der Waals surface area contributed by atoms with Crippen molar-refractivity contribution < 1.29 is 77.2 Å². The number of carboxylic acid groups (broad SMARTS) is 3. The summed E-state index contributed by atoms with van der Waals surface area (Å²) >= 11 is 0. The van der Waals surface area contributed by atoms with Crippen LogP contribution in [0.2, 0.25) is 0 Å². The van der Waals surface area contributed by atoms with Gasteiger partial charge in [-0.05, 0) is 49.2 Å². The molecule has 2 aromatic carbocycles. The second-order valence-electron chi connectivity index (χ2n) is 13.4. The Morgan fingerprint density at radius 1 is 0.836 bits per heavy atom. The predicted molar refractivity (Wildman–Crippen MR) is 210 cm³/mol. The maximum atomic E-state index is 13.6. The lowest BCUT2D eigenvalue weighted by atomic mass is 9.90. The Bertz CT molecular complexity index is 2080. The van der Waals surface area contributed by atoms with Crippen LogP contribution in [0.5, 0.6) is 11.5 Å². The zero-order chi connectivity index (χ0) is 45.2. The van der Waals surface area contributed by atoms with Crippen LogP contribution in [-0.4, -0.2) is 119 Å². The molecule has 0 radical (unpaired) electrons. The largest absolute Gasteiger partial charge is 0.481 e. The van der Waals surface area contributed by atoms with Crippen molar-refractivity contribution in [1.82, 2.24) is 25.9 Å². The first-order valence-electron chi connectivity index (χ1n) is 18.8. The second-order valence-corrected chi connectivity index (χ2v) is 13.4. The van der Waals surface area contributed by atoms with Crippen molar-refractivity contribution in [3.05, 3.63) is 71.5 Å². The zero-order valence-electron chi connectivity index (χ0n) is 33.7. The molecule has 21 heteroatoms. The quantitative estimate of drug-likeness (QED) is 0.0326. The number of carboxylic acids is 3. The minimum atomic E-state index is -1.80. The Labute approximate surface area is 348 Å². The summed E-state index contributed by atoms with van der Waals surface area (Å²) in [5, 5.41) is 35.4. The van der Waals surface area contributed by atoms with E-state index >= 15 is 0 Å². The van der Waals surface area contributed by atoms with Crippen LogP contribution in [0.3, 0.4) is 0 Å². The van der Waals surface area contributed by atoms with Crippen LogP contribution >= 0.6 is 0 Å². The van der Waals surface area contributed by atoms with Gasteiger partial charge in [0.25, 0.3) is 11.8 Å². The second kappa shape index (κ2) is 23.2. The summed E-state index contributed by atoms with van der Waals surface area (Å²) < 4.78 is 16.2. The van der Waals surface area contributed by atoms with E-state index in [4.69, 9.17) is 28.9 Å². The Morgan fingerprint density at radius 3 is 2.18 bits per heavy atom. The van der Waals surface area contributed by atoms with Gasteiger partial charge in [0, 0.05) is 19.7 Å². The molecule has 0 saturated carbocycles. The molecular weight excluding hydrogens is 806 g/mol. The molecule has 0 aliphatic rings. The van der Waals surface area contributed by atoms with Crippen LogP contribution in [0.15, 0.2) is 59.0 Å². The number of unbranched alkanes of at least 4 members (excludes halogenated alkanes) is 2. The van der Waals surface area contributed by atoms with Gasteiger partial charge in [0.05, 0.1) is 30.6 Å². The number of benzene rings is 2. The number of nitrogens with zero attached hydrogens (tertiary/aromatic N) is 2. The maximum Gasteiger partial charge on any atom is 0.414 e. The van der Waals surface area contributed by atoms with Gasteiger partial charge in [-0.2, -0.15) is 5.06 Å². The highest BCUT2D eigenvalue weighted by Gasteiger charge is 2.34. The average molecular weight is 854 g/mol. The maximum absolute atomic E-state index is 13.6. The minimum Gasteiger partial charge on any atom is -0.481 e. The Morgan fingerprint density at radius 2 is 1.56 bits per heavy atom. The predicted octanol–water partition coefficient (Wildman–Crippen LogP) is 3.14. The standard InChI is InChI=1S/C40H47N5O16/c1-5-7-8-11-24(28(6-2)45(22-46)61-39(56)26-12-9-10-13-30(26)60-40(57)44(3)4)35(51)41-21-42-37(53)31-17-16-29(59-31)23-14-15-25(32(18-23)58-20-34(49)50)36(52)43-27(38(54)55)19-33(47)48/h9-10,12-18,22,24,27-28H,5-8,11,19-21H2,1-4H3,(H,41,51)(H,42,53)(H,43,52)(H,47,48)(H,49,50)(H,54,55)/t24-,27+,28-/m1/s1. The normalized spacial score (nSPS) is 12.1. The molecule has 21 nitrogen and oxygen atoms in total. The van der Waals surface area contributed by atoms with E-state index in [9.17, 15) is 48.3 Å². The molecule has 0 unspecified atom stereocenters. The summed E-state index contributed by atoms with van der Waals surface area (Å²) in [4.78, 5) is 118. The van der Waals surface area contributed by atoms with E-state index in [2.05, 4.69) is 16.0 Å². The van der Waals surface area contributed by atoms with E-state index in [1.807, 2.05) is 6.92 Å². The summed E-state index contributed by atoms with van der Waals surface area (Å²) in [5.41, 5.74) is -0.265. The molecule has 3 aromatic rings. The topological polar surface area (TPSA) is 298 Å². The van der Waals surface area contributed by atoms with Gasteiger partial charge in [-0.3, -0.25) is 24.0 Å². The molecule has 3 rings (SSSR count). The first-order chi connectivity index (χ1) is 29.0. The number of hydrogen-bond donors (Lipinski definition) is 6. The lowest BCUT2D eigenvalue weighted by molar-refractivity contribution is -0.171. The van der Waals surface area contributed by atoms with Gasteiger partial charge in [-0.25, -0.2) is 19.2 Å². The van der Waals surface area contributed by atoms with E-state index < -0.39 is 85.4 Å². The number of para-hydroxylation sites is 1. The van der Waals surface area contributed by atoms with Crippen LogP contribution < -0.4 is 25.4 Å². The van der Waals surface area contributed by atoms with Crippen LogP contribution in [0.4, 0.5) is 4.79 Å². The first kappa shape index (κ1) is 47.9. The Kier molecular flexibility index (Phi) is 18.2. The van der Waals surface area contributed by atoms with Crippen molar-refractivity contribution >= 4 is 54.1 Å². The molecule has 6 N–H and O–H groups in total. The number of hydrogen-bond acceptors (Lipinski definition) is 13. The minimum absolute atomic E-state index is 0.0550. The number of carbonyl (C=O) groups excluding carboxylic acids is 6. The van der Waals surface area contributed by atoms with E-state index in [0.29, 0.717) is 6.42 Å². The van der Waals surface area contributed by atoms with Crippen molar-refractivity contribution in [2.45, 2.75) is 64.5 Å². The van der Waals surface area contributed by atoms with Crippen LogP contribution in [-0.2, 0) is 28.8 Å². The molecule has 0 spiro atoms. The van der Waals surface area contributed by atoms with E-state index in [1.165, 1.54) is 62.6 Å². The van der Waals surface area contributed by atoms with Gasteiger partial charge in [0.2, 0.25) is 12.3 Å². The van der Waals surface area contributed by atoms with Gasteiger partial charge in [-0.1, -0.05) is 51.3 Å². The Balaban J connectivity index is 1.74. The third-order valence-corrected chi connectivity index (χ3v) is 8.81. The molecule has 0 aliphatic carbocycles. The monoisotopic (exact) mass is 853 g/mol. The highest BCUT2D eigenvalue weighted by atomic mass is 16.7. The van der Waals surface area contributed by atoms with Gasteiger partial charge in [0.15, 0.2) is 12.4 Å². The molecule has 61 heavy (non-hydrogen) atoms. The van der Waals surface area contributed by atoms with Crippen LogP contribution in [0.25, 0.3) is 11.3 Å². The number of aliphatic carboxylic acids is 3. The third kappa shape index (κ3) is 14.1. The summed E-state index contributed by atoms with van der Waals surface area (Å²) in [5.74, 6) is -9.43. The number of nitrogens with one attached hydrogen (secondary N) is 3. The van der Waals surface area contributed by atoms with Crippen molar-refractivity contribution in [3.8, 4) is 22.8 Å². The SMILES string of the molecule is CCCCC[C@@H](C(=O)NCNC(=O)c1ccc(-c2ccc(C(=O)N[C@@H](CC(=O)O)C(=O)O)c(OCC(=O)O)c2)o1)[C@@H](CC)N(C=O)OC(=O)c1ccccc1OC(=O)N(C)C. The van der Waals surface area contributed by atoms with Crippen molar-refractivity contribution in [3.63, 3.8) is 0 Å². The summed E-state index contributed by atoms with van der Waals surface area (Å²) in [6, 6.07) is 9.40. The molecule has 0 bridgehead atoms. The van der Waals surface area contributed by atoms with Crippen molar-refractivity contribution in [2.24, 2.45) is 5.92 Å². The van der Waals surface area contributed by atoms with Gasteiger partial charge < -0.3 is 54.9 Å². The highest BCUT2D eigenvalue weighted by molar-refractivity contribution is 6.00. The number of carbonyl (C=O) groups is 9. The number of amides is 5. The zero-order valence-corrected chi connectivity index (χ0v) is 33.7. The van der Waals surface area contributed by atoms with Gasteiger partial charge in [-0.15, -0.1) is 0 Å². The fourth-order valence-corrected chi connectivity index (χ4v) is 5.75. The van der Waals surface area contributed by atoms with Crippen molar-refractivity contribution in [2.75, 3.05) is 27.4 Å². The van der Waals surface area contributed by atoms with E-state index in [0.717, 1.165) is 28.9 Å². The number of furan rings is 1. The lowest BCUT2D eigenvalue weighted by Crippen LogP contribution is -2.49. The van der Waals surface area contributed by atoms with E-state index in [-0.39, 0.29) is 59.0 Å². The third-order valence-electron chi connectivity index (χ3n) is 8.81. The van der Waals surface area contributed by atoms with Crippen LogP contribution in [0, 0.1) is 5.92 Å². The fourth-order valence-electron chi connectivity index (χ4n) is 5.75. The average Bonchev–Trinajstić information content (AvgIpc) is 3.72. The molecule has 0 fully saturated rings. The van der Waals surface area contributed by atoms with Crippen molar-refractivity contribution in [1.29, 1.82) is 0 Å². The van der Waals surface area contributed by atoms with Gasteiger partial charge in [0.1, 0.15) is 28.9 Å². The highest BCUT2D eigenvalue weighted by Crippen LogP contribution is 2.30. The molecule has 1 aromatic heterocycles. The molecule has 5 amide bonds. The summed E-state index contributed by atoms with van der Waals surface area (Å²) in [6.07, 6.45) is 1.20. The lowest BCUT2D eigenvalue weighted by Gasteiger charge is -2.32. The molecule has 3 atom stereocenters. The summed E-state index contributed by atoms with van der Waals surface area (Å²) in [7, 11) is 2.91. The molecule has 328 valence electrons. The molecule has 0 aliphatic heterocycles. The smallest absolute Gasteiger partial charge is 0.414 e. The van der Waals surface area contributed by atoms with Gasteiger partial charge >= 0.3 is 30.0 Å². The van der Waals surface area contributed by atoms with E-state index in [1.54, 1.807) is 6.92 Å². The first-order valence-corrected chi connectivity index (χ1v) is 18.8.